The van der Waals surface area contributed by atoms with E-state index in [1.54, 1.807) is 19.2 Å². The van der Waals surface area contributed by atoms with Gasteiger partial charge in [-0.05, 0) is 31.4 Å². The predicted molar refractivity (Wildman–Crippen MR) is 70.3 cm³/mol. The summed E-state index contributed by atoms with van der Waals surface area (Å²) in [6, 6.07) is 3.50. The lowest BCUT2D eigenvalue weighted by Gasteiger charge is -2.14. The zero-order chi connectivity index (χ0) is 13.1. The second-order valence-corrected chi connectivity index (χ2v) is 4.70. The molecule has 1 fully saturated rings. The van der Waals surface area contributed by atoms with Crippen molar-refractivity contribution in [1.29, 1.82) is 0 Å². The van der Waals surface area contributed by atoms with Crippen LogP contribution in [0, 0.1) is 6.92 Å². The van der Waals surface area contributed by atoms with Gasteiger partial charge in [0.15, 0.2) is 0 Å². The summed E-state index contributed by atoms with van der Waals surface area (Å²) in [5.41, 5.74) is 1.51. The SMILES string of the molecule is COc1cc(Cl)c(C)cc1NC(=O)[C@H]1CCCO1. The van der Waals surface area contributed by atoms with Gasteiger partial charge in [-0.15, -0.1) is 0 Å². The van der Waals surface area contributed by atoms with Crippen LogP contribution in [-0.4, -0.2) is 25.7 Å². The van der Waals surface area contributed by atoms with Crippen molar-refractivity contribution in [2.45, 2.75) is 25.9 Å². The number of halogens is 1. The Hall–Kier alpha value is -1.26. The molecule has 0 radical (unpaired) electrons. The molecule has 0 aromatic heterocycles. The van der Waals surface area contributed by atoms with Crippen molar-refractivity contribution in [3.63, 3.8) is 0 Å². The van der Waals surface area contributed by atoms with Crippen molar-refractivity contribution in [2.75, 3.05) is 19.0 Å². The first-order valence-corrected chi connectivity index (χ1v) is 6.26. The number of anilines is 1. The molecule has 0 aliphatic carbocycles. The third-order valence-corrected chi connectivity index (χ3v) is 3.37. The van der Waals surface area contributed by atoms with Gasteiger partial charge in [0.1, 0.15) is 11.9 Å². The molecule has 18 heavy (non-hydrogen) atoms. The van der Waals surface area contributed by atoms with Crippen LogP contribution in [0.15, 0.2) is 12.1 Å². The highest BCUT2D eigenvalue weighted by Crippen LogP contribution is 2.31. The summed E-state index contributed by atoms with van der Waals surface area (Å²) in [7, 11) is 1.54. The second-order valence-electron chi connectivity index (χ2n) is 4.29. The van der Waals surface area contributed by atoms with Gasteiger partial charge in [-0.25, -0.2) is 0 Å². The Bertz CT molecular complexity index is 456. The largest absolute Gasteiger partial charge is 0.495 e. The predicted octanol–water partition coefficient (Wildman–Crippen LogP) is 2.77. The van der Waals surface area contributed by atoms with Crippen LogP contribution in [0.25, 0.3) is 0 Å². The Balaban J connectivity index is 2.17. The minimum Gasteiger partial charge on any atom is -0.495 e. The fourth-order valence-electron chi connectivity index (χ4n) is 1.93. The fraction of sp³-hybridized carbons (Fsp3) is 0.462. The van der Waals surface area contributed by atoms with Gasteiger partial charge in [-0.2, -0.15) is 0 Å². The number of amides is 1. The lowest BCUT2D eigenvalue weighted by Crippen LogP contribution is -2.27. The molecule has 4 nitrogen and oxygen atoms in total. The smallest absolute Gasteiger partial charge is 0.253 e. The molecule has 1 N–H and O–H groups in total. The van der Waals surface area contributed by atoms with E-state index in [0.29, 0.717) is 23.1 Å². The Morgan fingerprint density at radius 2 is 2.33 bits per heavy atom. The summed E-state index contributed by atoms with van der Waals surface area (Å²) in [5.74, 6) is 0.421. The van der Waals surface area contributed by atoms with Crippen molar-refractivity contribution in [1.82, 2.24) is 0 Å². The molecule has 0 saturated carbocycles. The highest BCUT2D eigenvalue weighted by Gasteiger charge is 2.24. The summed E-state index contributed by atoms with van der Waals surface area (Å²) in [5, 5.41) is 3.44. The first-order chi connectivity index (χ1) is 8.61. The number of benzene rings is 1. The van der Waals surface area contributed by atoms with E-state index in [2.05, 4.69) is 5.32 Å². The lowest BCUT2D eigenvalue weighted by molar-refractivity contribution is -0.124. The molecular weight excluding hydrogens is 254 g/mol. The van der Waals surface area contributed by atoms with E-state index in [9.17, 15) is 4.79 Å². The molecule has 5 heteroatoms. The van der Waals surface area contributed by atoms with Crippen molar-refractivity contribution < 1.29 is 14.3 Å². The van der Waals surface area contributed by atoms with Gasteiger partial charge in [0.25, 0.3) is 5.91 Å². The van der Waals surface area contributed by atoms with E-state index in [-0.39, 0.29) is 12.0 Å². The standard InChI is InChI=1S/C13H16ClNO3/c1-8-6-10(12(17-2)7-9(8)14)15-13(16)11-4-3-5-18-11/h6-7,11H,3-5H2,1-2H3,(H,15,16)/t11-/m1/s1. The molecule has 1 atom stereocenters. The minimum absolute atomic E-state index is 0.132. The summed E-state index contributed by atoms with van der Waals surface area (Å²) in [6.07, 6.45) is 1.33. The molecule has 1 aliphatic heterocycles. The Labute approximate surface area is 111 Å². The van der Waals surface area contributed by atoms with E-state index in [1.807, 2.05) is 6.92 Å². The van der Waals surface area contributed by atoms with Gasteiger partial charge in [-0.3, -0.25) is 4.79 Å². The van der Waals surface area contributed by atoms with Crippen LogP contribution >= 0.6 is 11.6 Å². The van der Waals surface area contributed by atoms with Crippen LogP contribution in [0.4, 0.5) is 5.69 Å². The molecule has 0 bridgehead atoms. The van der Waals surface area contributed by atoms with Gasteiger partial charge in [-0.1, -0.05) is 11.6 Å². The van der Waals surface area contributed by atoms with E-state index in [0.717, 1.165) is 18.4 Å². The van der Waals surface area contributed by atoms with Gasteiger partial charge in [0.05, 0.1) is 12.8 Å². The minimum atomic E-state index is -0.356. The molecule has 1 aromatic rings. The van der Waals surface area contributed by atoms with Gasteiger partial charge < -0.3 is 14.8 Å². The molecule has 98 valence electrons. The summed E-state index contributed by atoms with van der Waals surface area (Å²) in [4.78, 5) is 12.0. The molecule has 1 aromatic carbocycles. The van der Waals surface area contributed by atoms with Crippen LogP contribution in [0.3, 0.4) is 0 Å². The number of hydrogen-bond acceptors (Lipinski definition) is 3. The van der Waals surface area contributed by atoms with Crippen LogP contribution in [-0.2, 0) is 9.53 Å². The fourth-order valence-corrected chi connectivity index (χ4v) is 2.08. The van der Waals surface area contributed by atoms with Crippen LogP contribution in [0.5, 0.6) is 5.75 Å². The third kappa shape index (κ3) is 2.76. The molecule has 1 saturated heterocycles. The summed E-state index contributed by atoms with van der Waals surface area (Å²) >= 11 is 6.01. The Morgan fingerprint density at radius 3 is 2.94 bits per heavy atom. The van der Waals surface area contributed by atoms with Crippen molar-refractivity contribution in [2.24, 2.45) is 0 Å². The first-order valence-electron chi connectivity index (χ1n) is 5.88. The normalized spacial score (nSPS) is 18.7. The van der Waals surface area contributed by atoms with Gasteiger partial charge in [0.2, 0.25) is 0 Å². The molecule has 2 rings (SSSR count). The average Bonchev–Trinajstić information content (AvgIpc) is 2.87. The number of rotatable bonds is 3. The van der Waals surface area contributed by atoms with E-state index >= 15 is 0 Å². The highest BCUT2D eigenvalue weighted by atomic mass is 35.5. The number of hydrogen-bond donors (Lipinski definition) is 1. The molecule has 1 aliphatic rings. The average molecular weight is 270 g/mol. The van der Waals surface area contributed by atoms with Crippen molar-refractivity contribution in [3.8, 4) is 5.75 Å². The number of ether oxygens (including phenoxy) is 2. The second kappa shape index (κ2) is 5.59. The van der Waals surface area contributed by atoms with E-state index < -0.39 is 0 Å². The topological polar surface area (TPSA) is 47.6 Å². The number of nitrogens with one attached hydrogen (secondary N) is 1. The first kappa shape index (κ1) is 13.2. The number of carbonyl (C=O) groups is 1. The zero-order valence-corrected chi connectivity index (χ0v) is 11.2. The maximum Gasteiger partial charge on any atom is 0.253 e. The Morgan fingerprint density at radius 1 is 1.56 bits per heavy atom. The van der Waals surface area contributed by atoms with Crippen molar-refractivity contribution in [3.05, 3.63) is 22.7 Å². The molecule has 0 spiro atoms. The van der Waals surface area contributed by atoms with Gasteiger partial charge >= 0.3 is 0 Å². The molecular formula is C13H16ClNO3. The number of carbonyl (C=O) groups excluding carboxylic acids is 1. The van der Waals surface area contributed by atoms with Crippen LogP contribution < -0.4 is 10.1 Å². The summed E-state index contributed by atoms with van der Waals surface area (Å²) < 4.78 is 10.5. The van der Waals surface area contributed by atoms with Crippen LogP contribution in [0.2, 0.25) is 5.02 Å². The summed E-state index contributed by atoms with van der Waals surface area (Å²) in [6.45, 7) is 2.53. The zero-order valence-electron chi connectivity index (χ0n) is 10.5. The highest BCUT2D eigenvalue weighted by molar-refractivity contribution is 6.31. The molecule has 1 heterocycles. The van der Waals surface area contributed by atoms with E-state index in [1.165, 1.54) is 0 Å². The molecule has 0 unspecified atom stereocenters. The number of aryl methyl sites for hydroxylation is 1. The molecule has 1 amide bonds. The lowest BCUT2D eigenvalue weighted by atomic mass is 10.2. The number of methoxy groups -OCH3 is 1. The van der Waals surface area contributed by atoms with Crippen LogP contribution in [0.1, 0.15) is 18.4 Å². The Kier molecular flexibility index (Phi) is 4.09. The monoisotopic (exact) mass is 269 g/mol. The van der Waals surface area contributed by atoms with Gasteiger partial charge in [0, 0.05) is 17.7 Å². The van der Waals surface area contributed by atoms with Crippen molar-refractivity contribution >= 4 is 23.2 Å². The maximum absolute atomic E-state index is 12.0. The van der Waals surface area contributed by atoms with E-state index in [4.69, 9.17) is 21.1 Å². The third-order valence-electron chi connectivity index (χ3n) is 2.96. The quantitative estimate of drug-likeness (QED) is 0.918. The maximum atomic E-state index is 12.0.